The molecule has 1 saturated heterocycles. The molecule has 18 heavy (non-hydrogen) atoms. The lowest BCUT2D eigenvalue weighted by molar-refractivity contribution is -0.139. The summed E-state index contributed by atoms with van der Waals surface area (Å²) in [7, 11) is 0. The van der Waals surface area contributed by atoms with E-state index in [9.17, 15) is 9.59 Å². The van der Waals surface area contributed by atoms with Crippen LogP contribution in [0.3, 0.4) is 0 Å². The molecule has 4 atom stereocenters. The molecule has 3 rings (SSSR count). The second-order valence-electron chi connectivity index (χ2n) is 6.07. The van der Waals surface area contributed by atoms with Crippen LogP contribution in [0.25, 0.3) is 0 Å². The standard InChI is InChI=1S/C15H18O3/c1-8-6-12-10(9(2)14(17)18-12)7-15(3)11(8)4-5-13(15)16/h10-12H,1-2,4-7H2,3H3/t10?,11-,12?,15-/m0/s1. The Morgan fingerprint density at radius 1 is 1.33 bits per heavy atom. The van der Waals surface area contributed by atoms with Gasteiger partial charge in [0.15, 0.2) is 0 Å². The summed E-state index contributed by atoms with van der Waals surface area (Å²) in [5.41, 5.74) is 1.24. The summed E-state index contributed by atoms with van der Waals surface area (Å²) in [4.78, 5) is 23.8. The Morgan fingerprint density at radius 3 is 2.78 bits per heavy atom. The lowest BCUT2D eigenvalue weighted by atomic mass is 9.71. The van der Waals surface area contributed by atoms with Crippen LogP contribution >= 0.6 is 0 Å². The lowest BCUT2D eigenvalue weighted by Gasteiger charge is -2.30. The van der Waals surface area contributed by atoms with Crippen LogP contribution in [-0.4, -0.2) is 17.9 Å². The number of hydrogen-bond donors (Lipinski definition) is 0. The molecule has 0 bridgehead atoms. The SMILES string of the molecule is C=C1C(=O)OC2CC(=C)[C@@H]3CCC(=O)[C@@]3(C)CC12. The van der Waals surface area contributed by atoms with Crippen LogP contribution in [0.1, 0.15) is 32.6 Å². The van der Waals surface area contributed by atoms with Crippen LogP contribution < -0.4 is 0 Å². The van der Waals surface area contributed by atoms with Crippen LogP contribution in [0.4, 0.5) is 0 Å². The van der Waals surface area contributed by atoms with Gasteiger partial charge < -0.3 is 4.74 Å². The molecule has 0 aromatic heterocycles. The Balaban J connectivity index is 2.01. The number of ether oxygens (including phenoxy) is 1. The quantitative estimate of drug-likeness (QED) is 0.374. The Kier molecular flexibility index (Phi) is 2.31. The molecule has 0 amide bonds. The van der Waals surface area contributed by atoms with Gasteiger partial charge in [0.05, 0.1) is 0 Å². The number of rotatable bonds is 0. The fourth-order valence-corrected chi connectivity index (χ4v) is 3.95. The highest BCUT2D eigenvalue weighted by atomic mass is 16.6. The van der Waals surface area contributed by atoms with Gasteiger partial charge in [0.25, 0.3) is 0 Å². The van der Waals surface area contributed by atoms with Gasteiger partial charge in [-0.1, -0.05) is 25.7 Å². The largest absolute Gasteiger partial charge is 0.458 e. The van der Waals surface area contributed by atoms with Crippen LogP contribution in [0.5, 0.6) is 0 Å². The van der Waals surface area contributed by atoms with Crippen LogP contribution in [0.15, 0.2) is 24.3 Å². The summed E-state index contributed by atoms with van der Waals surface area (Å²) in [6, 6.07) is 0. The number of Topliss-reactive ketones (excluding diaryl/α,β-unsaturated/α-hetero) is 1. The lowest BCUT2D eigenvalue weighted by Crippen LogP contribution is -2.31. The summed E-state index contributed by atoms with van der Waals surface area (Å²) >= 11 is 0. The Bertz CT molecular complexity index is 476. The van der Waals surface area contributed by atoms with Gasteiger partial charge in [-0.3, -0.25) is 4.79 Å². The van der Waals surface area contributed by atoms with Crippen molar-refractivity contribution < 1.29 is 14.3 Å². The number of carbonyl (C=O) groups is 2. The molecule has 0 radical (unpaired) electrons. The summed E-state index contributed by atoms with van der Waals surface area (Å²) in [6.45, 7) is 10.00. The monoisotopic (exact) mass is 246 g/mol. The Hall–Kier alpha value is -1.38. The summed E-state index contributed by atoms with van der Waals surface area (Å²) in [5.74, 6) is 0.250. The van der Waals surface area contributed by atoms with E-state index in [1.165, 1.54) is 0 Å². The zero-order valence-corrected chi connectivity index (χ0v) is 10.7. The third-order valence-corrected chi connectivity index (χ3v) is 5.08. The van der Waals surface area contributed by atoms with Gasteiger partial charge in [-0.2, -0.15) is 0 Å². The third kappa shape index (κ3) is 1.36. The summed E-state index contributed by atoms with van der Waals surface area (Å²) in [6.07, 6.45) is 2.76. The molecule has 0 N–H and O–H groups in total. The summed E-state index contributed by atoms with van der Waals surface area (Å²) in [5, 5.41) is 0. The minimum absolute atomic E-state index is 0.00806. The maximum atomic E-state index is 12.2. The molecule has 0 spiro atoms. The first-order valence-electron chi connectivity index (χ1n) is 6.54. The highest BCUT2D eigenvalue weighted by molar-refractivity contribution is 5.92. The van der Waals surface area contributed by atoms with E-state index in [1.54, 1.807) is 0 Å². The van der Waals surface area contributed by atoms with Crippen molar-refractivity contribution in [2.45, 2.75) is 38.7 Å². The molecular formula is C15H18O3. The molecule has 3 nitrogen and oxygen atoms in total. The molecule has 3 aliphatic rings. The van der Waals surface area contributed by atoms with Gasteiger partial charge in [-0.05, 0) is 18.8 Å². The first kappa shape index (κ1) is 11.7. The zero-order valence-electron chi connectivity index (χ0n) is 10.7. The average Bonchev–Trinajstić information content (AvgIpc) is 2.69. The molecule has 3 heteroatoms. The predicted octanol–water partition coefficient (Wildman–Crippen LogP) is 2.42. The maximum absolute atomic E-state index is 12.2. The van der Waals surface area contributed by atoms with Crippen LogP contribution in [0, 0.1) is 17.3 Å². The molecular weight excluding hydrogens is 228 g/mol. The van der Waals surface area contributed by atoms with Gasteiger partial charge >= 0.3 is 5.97 Å². The molecule has 2 saturated carbocycles. The van der Waals surface area contributed by atoms with Crippen molar-refractivity contribution in [1.29, 1.82) is 0 Å². The average molecular weight is 246 g/mol. The van der Waals surface area contributed by atoms with Crippen molar-refractivity contribution in [3.63, 3.8) is 0 Å². The number of fused-ring (bicyclic) bond motifs is 2. The van der Waals surface area contributed by atoms with Gasteiger partial charge in [0, 0.05) is 29.7 Å². The normalized spacial score (nSPS) is 43.5. The molecule has 1 aliphatic heterocycles. The minimum atomic E-state index is -0.368. The van der Waals surface area contributed by atoms with Crippen LogP contribution in [0.2, 0.25) is 0 Å². The number of hydrogen-bond acceptors (Lipinski definition) is 3. The Morgan fingerprint density at radius 2 is 2.06 bits per heavy atom. The van der Waals surface area contributed by atoms with Gasteiger partial charge in [-0.25, -0.2) is 4.79 Å². The van der Waals surface area contributed by atoms with E-state index in [4.69, 9.17) is 4.74 Å². The third-order valence-electron chi connectivity index (χ3n) is 5.08. The zero-order chi connectivity index (χ0) is 13.1. The van der Waals surface area contributed by atoms with E-state index in [0.717, 1.165) is 12.0 Å². The second kappa shape index (κ2) is 3.56. The Labute approximate surface area is 107 Å². The van der Waals surface area contributed by atoms with E-state index in [2.05, 4.69) is 13.2 Å². The number of carbonyl (C=O) groups excluding carboxylic acids is 2. The first-order chi connectivity index (χ1) is 8.43. The molecule has 0 aromatic rings. The minimum Gasteiger partial charge on any atom is -0.458 e. The van der Waals surface area contributed by atoms with E-state index in [1.807, 2.05) is 6.92 Å². The number of esters is 1. The maximum Gasteiger partial charge on any atom is 0.334 e. The van der Waals surface area contributed by atoms with Crippen molar-refractivity contribution in [1.82, 2.24) is 0 Å². The molecule has 2 unspecified atom stereocenters. The molecule has 2 aliphatic carbocycles. The highest BCUT2D eigenvalue weighted by Gasteiger charge is 2.54. The van der Waals surface area contributed by atoms with Crippen molar-refractivity contribution >= 4 is 11.8 Å². The van der Waals surface area contributed by atoms with Gasteiger partial charge in [0.2, 0.25) is 0 Å². The molecule has 3 fully saturated rings. The van der Waals surface area contributed by atoms with E-state index in [0.29, 0.717) is 30.6 Å². The van der Waals surface area contributed by atoms with Gasteiger partial charge in [0.1, 0.15) is 11.9 Å². The van der Waals surface area contributed by atoms with E-state index in [-0.39, 0.29) is 29.3 Å². The molecule has 1 heterocycles. The van der Waals surface area contributed by atoms with Gasteiger partial charge in [-0.15, -0.1) is 0 Å². The van der Waals surface area contributed by atoms with Crippen LogP contribution in [-0.2, 0) is 14.3 Å². The smallest absolute Gasteiger partial charge is 0.334 e. The van der Waals surface area contributed by atoms with Crippen molar-refractivity contribution in [3.8, 4) is 0 Å². The molecule has 0 aromatic carbocycles. The molecule has 96 valence electrons. The number of ketones is 1. The first-order valence-corrected chi connectivity index (χ1v) is 6.54. The predicted molar refractivity (Wildman–Crippen MR) is 66.7 cm³/mol. The topological polar surface area (TPSA) is 43.4 Å². The fourth-order valence-electron chi connectivity index (χ4n) is 3.95. The van der Waals surface area contributed by atoms with Crippen molar-refractivity contribution in [3.05, 3.63) is 24.3 Å². The fraction of sp³-hybridized carbons (Fsp3) is 0.600. The second-order valence-corrected chi connectivity index (χ2v) is 6.07. The summed E-state index contributed by atoms with van der Waals surface area (Å²) < 4.78 is 5.36. The highest BCUT2D eigenvalue weighted by Crippen LogP contribution is 2.54. The van der Waals surface area contributed by atoms with Crippen molar-refractivity contribution in [2.75, 3.05) is 0 Å². The van der Waals surface area contributed by atoms with Crippen molar-refractivity contribution in [2.24, 2.45) is 17.3 Å². The van der Waals surface area contributed by atoms with E-state index < -0.39 is 0 Å². The van der Waals surface area contributed by atoms with E-state index >= 15 is 0 Å².